The molecule has 0 aliphatic rings. The molecule has 27 heavy (non-hydrogen) atoms. The van der Waals surface area contributed by atoms with Crippen molar-refractivity contribution < 1.29 is 19.0 Å². The molecule has 138 valence electrons. The third-order valence-corrected chi connectivity index (χ3v) is 4.03. The van der Waals surface area contributed by atoms with Gasteiger partial charge in [0.15, 0.2) is 17.3 Å². The quantitative estimate of drug-likeness (QED) is 0.507. The van der Waals surface area contributed by atoms with Crippen LogP contribution >= 0.6 is 0 Å². The van der Waals surface area contributed by atoms with Crippen molar-refractivity contribution >= 4 is 11.9 Å². The number of carbonyl (C=O) groups is 1. The maximum Gasteiger partial charge on any atom is 0.203 e. The van der Waals surface area contributed by atoms with Gasteiger partial charge in [0.25, 0.3) is 0 Å². The lowest BCUT2D eigenvalue weighted by Crippen LogP contribution is -1.95. The maximum absolute atomic E-state index is 12.2. The van der Waals surface area contributed by atoms with E-state index in [1.807, 2.05) is 36.4 Å². The number of methoxy groups -OCH3 is 3. The summed E-state index contributed by atoms with van der Waals surface area (Å²) < 4.78 is 16.1. The zero-order chi connectivity index (χ0) is 19.2. The minimum atomic E-state index is -0.0699. The summed E-state index contributed by atoms with van der Waals surface area (Å²) in [5.74, 6) is 1.55. The number of hydrogen-bond donors (Lipinski definition) is 1. The van der Waals surface area contributed by atoms with Gasteiger partial charge in [-0.15, -0.1) is 0 Å². The van der Waals surface area contributed by atoms with E-state index in [-0.39, 0.29) is 5.78 Å². The number of H-pyrrole nitrogens is 1. The van der Waals surface area contributed by atoms with Crippen LogP contribution in [0.4, 0.5) is 0 Å². The van der Waals surface area contributed by atoms with Crippen LogP contribution in [-0.4, -0.2) is 37.3 Å². The molecule has 6 heteroatoms. The number of ether oxygens (including phenoxy) is 3. The van der Waals surface area contributed by atoms with Gasteiger partial charge in [0.05, 0.1) is 32.7 Å². The van der Waals surface area contributed by atoms with Crippen LogP contribution in [0.1, 0.15) is 16.1 Å². The standard InChI is InChI=1S/C21H20N2O4/c1-25-19-11-15(12-20(26-2)21(19)27-3)17-13-16(22-23-17)9-10-18(24)14-7-5-4-6-8-14/h4-13H,1-3H3,(H,22,23). The lowest BCUT2D eigenvalue weighted by molar-refractivity contribution is 0.104. The lowest BCUT2D eigenvalue weighted by atomic mass is 10.1. The highest BCUT2D eigenvalue weighted by Crippen LogP contribution is 2.40. The fourth-order valence-corrected chi connectivity index (χ4v) is 2.66. The van der Waals surface area contributed by atoms with Crippen molar-refractivity contribution in [3.05, 3.63) is 65.9 Å². The molecule has 0 aliphatic heterocycles. The van der Waals surface area contributed by atoms with Crippen molar-refractivity contribution in [3.63, 3.8) is 0 Å². The Hall–Kier alpha value is -3.54. The van der Waals surface area contributed by atoms with Crippen molar-refractivity contribution in [1.82, 2.24) is 10.2 Å². The molecular weight excluding hydrogens is 344 g/mol. The minimum Gasteiger partial charge on any atom is -0.493 e. The number of aromatic nitrogens is 2. The molecule has 1 aromatic heterocycles. The second-order valence-electron chi connectivity index (χ2n) is 5.69. The predicted octanol–water partition coefficient (Wildman–Crippen LogP) is 4.00. The Morgan fingerprint density at radius 1 is 0.963 bits per heavy atom. The Bertz CT molecular complexity index is 936. The first-order valence-corrected chi connectivity index (χ1v) is 8.29. The molecule has 0 saturated heterocycles. The maximum atomic E-state index is 12.2. The monoisotopic (exact) mass is 364 g/mol. The third-order valence-electron chi connectivity index (χ3n) is 4.03. The number of ketones is 1. The molecule has 0 amide bonds. The molecule has 1 N–H and O–H groups in total. The molecule has 0 bridgehead atoms. The number of hydrogen-bond acceptors (Lipinski definition) is 5. The summed E-state index contributed by atoms with van der Waals surface area (Å²) in [7, 11) is 4.69. The van der Waals surface area contributed by atoms with Crippen LogP contribution < -0.4 is 14.2 Å². The second kappa shape index (κ2) is 8.23. The molecule has 3 rings (SSSR count). The fraction of sp³-hybridized carbons (Fsp3) is 0.143. The van der Waals surface area contributed by atoms with Gasteiger partial charge in [-0.2, -0.15) is 5.10 Å². The first-order valence-electron chi connectivity index (χ1n) is 8.29. The van der Waals surface area contributed by atoms with Crippen LogP contribution in [0, 0.1) is 0 Å². The van der Waals surface area contributed by atoms with E-state index in [4.69, 9.17) is 14.2 Å². The molecule has 3 aromatic rings. The zero-order valence-corrected chi connectivity index (χ0v) is 15.4. The van der Waals surface area contributed by atoms with Crippen LogP contribution in [-0.2, 0) is 0 Å². The molecule has 0 radical (unpaired) electrons. The normalized spacial score (nSPS) is 10.8. The van der Waals surface area contributed by atoms with E-state index in [9.17, 15) is 4.79 Å². The Morgan fingerprint density at radius 3 is 2.22 bits per heavy atom. The average Bonchev–Trinajstić information content (AvgIpc) is 3.20. The Labute approximate surface area is 157 Å². The highest BCUT2D eigenvalue weighted by Gasteiger charge is 2.15. The van der Waals surface area contributed by atoms with Crippen LogP contribution in [0.3, 0.4) is 0 Å². The highest BCUT2D eigenvalue weighted by molar-refractivity contribution is 6.06. The highest BCUT2D eigenvalue weighted by atomic mass is 16.5. The summed E-state index contributed by atoms with van der Waals surface area (Å²) >= 11 is 0. The van der Waals surface area contributed by atoms with Gasteiger partial charge in [0, 0.05) is 11.1 Å². The van der Waals surface area contributed by atoms with Crippen LogP contribution in [0.2, 0.25) is 0 Å². The van der Waals surface area contributed by atoms with Crippen LogP contribution in [0.5, 0.6) is 17.2 Å². The molecule has 0 saturated carbocycles. The van der Waals surface area contributed by atoms with Crippen LogP contribution in [0.15, 0.2) is 54.6 Å². The molecule has 2 aromatic carbocycles. The summed E-state index contributed by atoms with van der Waals surface area (Å²) in [6.45, 7) is 0. The van der Waals surface area contributed by atoms with Gasteiger partial charge in [0.2, 0.25) is 5.75 Å². The topological polar surface area (TPSA) is 73.4 Å². The van der Waals surface area contributed by atoms with E-state index in [0.717, 1.165) is 5.56 Å². The van der Waals surface area contributed by atoms with E-state index in [2.05, 4.69) is 10.2 Å². The van der Waals surface area contributed by atoms with E-state index in [1.165, 1.54) is 6.08 Å². The Balaban J connectivity index is 1.85. The second-order valence-corrected chi connectivity index (χ2v) is 5.69. The first kappa shape index (κ1) is 18.3. The zero-order valence-electron chi connectivity index (χ0n) is 15.4. The number of nitrogens with zero attached hydrogens (tertiary/aromatic N) is 1. The van der Waals surface area contributed by atoms with E-state index in [1.54, 1.807) is 39.5 Å². The minimum absolute atomic E-state index is 0.0699. The largest absolute Gasteiger partial charge is 0.493 e. The third kappa shape index (κ3) is 4.00. The number of allylic oxidation sites excluding steroid dienone is 1. The summed E-state index contributed by atoms with van der Waals surface area (Å²) in [6, 6.07) is 14.6. The van der Waals surface area contributed by atoms with Crippen molar-refractivity contribution in [3.8, 4) is 28.5 Å². The average molecular weight is 364 g/mol. The molecule has 0 spiro atoms. The van der Waals surface area contributed by atoms with Crippen LogP contribution in [0.25, 0.3) is 17.3 Å². The van der Waals surface area contributed by atoms with Gasteiger partial charge >= 0.3 is 0 Å². The van der Waals surface area contributed by atoms with Gasteiger partial charge < -0.3 is 14.2 Å². The van der Waals surface area contributed by atoms with Gasteiger partial charge in [-0.25, -0.2) is 0 Å². The molecule has 0 aliphatic carbocycles. The predicted molar refractivity (Wildman–Crippen MR) is 103 cm³/mol. The van der Waals surface area contributed by atoms with Crippen molar-refractivity contribution in [2.45, 2.75) is 0 Å². The Kier molecular flexibility index (Phi) is 5.56. The molecule has 1 heterocycles. The Morgan fingerprint density at radius 2 is 1.63 bits per heavy atom. The summed E-state index contributed by atoms with van der Waals surface area (Å²) in [5, 5.41) is 7.22. The number of benzene rings is 2. The van der Waals surface area contributed by atoms with Crippen molar-refractivity contribution in [2.75, 3.05) is 21.3 Å². The molecule has 0 fully saturated rings. The molecule has 0 unspecified atom stereocenters. The summed E-state index contributed by atoms with van der Waals surface area (Å²) in [6.07, 6.45) is 3.21. The molecule has 0 atom stereocenters. The number of rotatable bonds is 7. The number of carbonyl (C=O) groups excluding carboxylic acids is 1. The fourth-order valence-electron chi connectivity index (χ4n) is 2.66. The summed E-state index contributed by atoms with van der Waals surface area (Å²) in [4.78, 5) is 12.2. The van der Waals surface area contributed by atoms with E-state index < -0.39 is 0 Å². The number of nitrogens with one attached hydrogen (secondary N) is 1. The molecular formula is C21H20N2O4. The first-order chi connectivity index (χ1) is 13.2. The molecule has 6 nitrogen and oxygen atoms in total. The van der Waals surface area contributed by atoms with Crippen molar-refractivity contribution in [2.24, 2.45) is 0 Å². The SMILES string of the molecule is COc1cc(-c2cc(C=CC(=O)c3ccccc3)[nH]n2)cc(OC)c1OC. The van der Waals surface area contributed by atoms with Gasteiger partial charge in [-0.3, -0.25) is 9.89 Å². The van der Waals surface area contributed by atoms with Gasteiger partial charge in [0.1, 0.15) is 0 Å². The van der Waals surface area contributed by atoms with Crippen molar-refractivity contribution in [1.29, 1.82) is 0 Å². The van der Waals surface area contributed by atoms with Gasteiger partial charge in [-0.1, -0.05) is 30.3 Å². The number of aromatic amines is 1. The van der Waals surface area contributed by atoms with E-state index >= 15 is 0 Å². The summed E-state index contributed by atoms with van der Waals surface area (Å²) in [5.41, 5.74) is 2.84. The lowest BCUT2D eigenvalue weighted by Gasteiger charge is -2.13. The van der Waals surface area contributed by atoms with E-state index in [0.29, 0.717) is 34.2 Å². The smallest absolute Gasteiger partial charge is 0.203 e. The van der Waals surface area contributed by atoms with Gasteiger partial charge in [-0.05, 0) is 30.4 Å².